The normalized spacial score (nSPS) is 11.0. The molecule has 0 amide bonds. The summed E-state index contributed by atoms with van der Waals surface area (Å²) in [5, 5.41) is 0. The Bertz CT molecular complexity index is 998. The highest BCUT2D eigenvalue weighted by molar-refractivity contribution is 6.09. The minimum absolute atomic E-state index is 0.173. The largest absolute Gasteiger partial charge is 0.493 e. The van der Waals surface area contributed by atoms with Crippen LogP contribution in [0.2, 0.25) is 0 Å². The molecular formula is C32H46O6. The van der Waals surface area contributed by atoms with Crippen LogP contribution in [0.25, 0.3) is 6.08 Å². The van der Waals surface area contributed by atoms with Crippen LogP contribution in [0, 0.1) is 0 Å². The topological polar surface area (TPSA) is 63.2 Å². The van der Waals surface area contributed by atoms with Crippen LogP contribution in [0.5, 0.6) is 28.7 Å². The van der Waals surface area contributed by atoms with Crippen molar-refractivity contribution in [1.29, 1.82) is 0 Å². The molecule has 0 spiro atoms. The van der Waals surface area contributed by atoms with Crippen LogP contribution in [0.3, 0.4) is 0 Å². The molecule has 0 N–H and O–H groups in total. The summed E-state index contributed by atoms with van der Waals surface area (Å²) in [5.41, 5.74) is 1.20. The number of carbonyl (C=O) groups is 1. The van der Waals surface area contributed by atoms with Crippen molar-refractivity contribution in [1.82, 2.24) is 0 Å². The van der Waals surface area contributed by atoms with Gasteiger partial charge in [-0.2, -0.15) is 0 Å². The van der Waals surface area contributed by atoms with Crippen LogP contribution in [0.15, 0.2) is 36.4 Å². The van der Waals surface area contributed by atoms with Crippen LogP contribution in [0.4, 0.5) is 0 Å². The Hall–Kier alpha value is -3.15. The van der Waals surface area contributed by atoms with Gasteiger partial charge in [-0.25, -0.2) is 0 Å². The molecule has 0 aliphatic heterocycles. The standard InChI is InChI=1S/C32H46O6/c1-6-10-19-35-26-23-25(31(30(24-26)34-5)37-21-12-8-3)17-18-28(33)27-15-14-16-29(36-20-11-7-2)32(27)38-22-13-9-4/h14-18,23-24H,6-13,19-22H2,1-5H3. The Balaban J connectivity index is 2.41. The van der Waals surface area contributed by atoms with E-state index in [9.17, 15) is 4.79 Å². The molecule has 0 unspecified atom stereocenters. The second-order valence-electron chi connectivity index (χ2n) is 9.18. The molecule has 0 aromatic heterocycles. The van der Waals surface area contributed by atoms with E-state index < -0.39 is 0 Å². The Kier molecular flexibility index (Phi) is 14.8. The highest BCUT2D eigenvalue weighted by atomic mass is 16.5. The highest BCUT2D eigenvalue weighted by Crippen LogP contribution is 2.38. The monoisotopic (exact) mass is 526 g/mol. The zero-order valence-electron chi connectivity index (χ0n) is 24.0. The van der Waals surface area contributed by atoms with E-state index in [1.54, 1.807) is 25.3 Å². The van der Waals surface area contributed by atoms with Crippen molar-refractivity contribution >= 4 is 11.9 Å². The molecule has 0 saturated carbocycles. The van der Waals surface area contributed by atoms with Gasteiger partial charge >= 0.3 is 0 Å². The molecule has 0 bridgehead atoms. The van der Waals surface area contributed by atoms with Crippen LogP contribution < -0.4 is 23.7 Å². The molecule has 0 fully saturated rings. The number of carbonyl (C=O) groups excluding carboxylic acids is 1. The molecule has 2 rings (SSSR count). The molecule has 2 aromatic rings. The van der Waals surface area contributed by atoms with Gasteiger partial charge in [-0.05, 0) is 56.0 Å². The summed E-state index contributed by atoms with van der Waals surface area (Å²) < 4.78 is 29.7. The summed E-state index contributed by atoms with van der Waals surface area (Å²) in [6.45, 7) is 10.7. The van der Waals surface area contributed by atoms with Gasteiger partial charge in [0.2, 0.25) is 0 Å². The molecule has 6 nitrogen and oxygen atoms in total. The summed E-state index contributed by atoms with van der Waals surface area (Å²) in [5.74, 6) is 2.79. The van der Waals surface area contributed by atoms with Crippen molar-refractivity contribution in [3.05, 3.63) is 47.5 Å². The van der Waals surface area contributed by atoms with Gasteiger partial charge in [0.25, 0.3) is 0 Å². The maximum Gasteiger partial charge on any atom is 0.189 e. The second-order valence-corrected chi connectivity index (χ2v) is 9.18. The van der Waals surface area contributed by atoms with E-state index in [1.165, 1.54) is 0 Å². The van der Waals surface area contributed by atoms with Crippen LogP contribution in [0.1, 0.15) is 95.0 Å². The third-order valence-corrected chi connectivity index (χ3v) is 5.95. The number of para-hydroxylation sites is 1. The first kappa shape index (κ1) is 31.1. The van der Waals surface area contributed by atoms with E-state index in [0.29, 0.717) is 60.7 Å². The summed E-state index contributed by atoms with van der Waals surface area (Å²) in [7, 11) is 1.61. The zero-order valence-corrected chi connectivity index (χ0v) is 24.0. The zero-order chi connectivity index (χ0) is 27.6. The van der Waals surface area contributed by atoms with Crippen LogP contribution in [-0.4, -0.2) is 39.3 Å². The van der Waals surface area contributed by atoms with Gasteiger partial charge in [0, 0.05) is 11.6 Å². The maximum absolute atomic E-state index is 13.4. The number of hydrogen-bond donors (Lipinski definition) is 0. The van der Waals surface area contributed by atoms with E-state index in [2.05, 4.69) is 27.7 Å². The lowest BCUT2D eigenvalue weighted by atomic mass is 10.1. The molecule has 210 valence electrons. The number of ether oxygens (including phenoxy) is 5. The first-order valence-electron chi connectivity index (χ1n) is 14.2. The minimum Gasteiger partial charge on any atom is -0.493 e. The van der Waals surface area contributed by atoms with Gasteiger partial charge in [-0.15, -0.1) is 0 Å². The number of hydrogen-bond acceptors (Lipinski definition) is 6. The van der Waals surface area contributed by atoms with Gasteiger partial charge in [-0.3, -0.25) is 4.79 Å². The molecule has 0 aliphatic rings. The average molecular weight is 527 g/mol. The number of rotatable bonds is 20. The molecule has 0 heterocycles. The van der Waals surface area contributed by atoms with Crippen molar-refractivity contribution in [3.63, 3.8) is 0 Å². The summed E-state index contributed by atoms with van der Waals surface area (Å²) in [6, 6.07) is 9.21. The fourth-order valence-electron chi connectivity index (χ4n) is 3.64. The van der Waals surface area contributed by atoms with E-state index in [0.717, 1.165) is 56.9 Å². The molecule has 2 aromatic carbocycles. The summed E-state index contributed by atoms with van der Waals surface area (Å²) >= 11 is 0. The van der Waals surface area contributed by atoms with E-state index >= 15 is 0 Å². The Labute approximate surface area is 229 Å². The Morgan fingerprint density at radius 1 is 0.711 bits per heavy atom. The number of methoxy groups -OCH3 is 1. The van der Waals surface area contributed by atoms with Crippen molar-refractivity contribution in [2.45, 2.75) is 79.1 Å². The summed E-state index contributed by atoms with van der Waals surface area (Å²) in [6.07, 6.45) is 11.1. The van der Waals surface area contributed by atoms with E-state index in [-0.39, 0.29) is 5.78 Å². The van der Waals surface area contributed by atoms with Gasteiger partial charge in [0.15, 0.2) is 28.8 Å². The molecular weight excluding hydrogens is 480 g/mol. The molecule has 6 heteroatoms. The maximum atomic E-state index is 13.4. The van der Waals surface area contributed by atoms with Gasteiger partial charge in [0.05, 0.1) is 39.1 Å². The predicted octanol–water partition coefficient (Wildman–Crippen LogP) is 8.31. The lowest BCUT2D eigenvalue weighted by molar-refractivity contribution is 0.104. The summed E-state index contributed by atoms with van der Waals surface area (Å²) in [4.78, 5) is 13.4. The molecule has 0 saturated heterocycles. The average Bonchev–Trinajstić information content (AvgIpc) is 2.93. The van der Waals surface area contributed by atoms with Crippen LogP contribution in [-0.2, 0) is 0 Å². The van der Waals surface area contributed by atoms with Crippen molar-refractivity contribution < 1.29 is 28.5 Å². The number of allylic oxidation sites excluding steroid dienone is 1. The van der Waals surface area contributed by atoms with Crippen molar-refractivity contribution in [2.75, 3.05) is 33.5 Å². The fourth-order valence-corrected chi connectivity index (χ4v) is 3.64. The first-order valence-corrected chi connectivity index (χ1v) is 14.2. The fraction of sp³-hybridized carbons (Fsp3) is 0.531. The van der Waals surface area contributed by atoms with Crippen molar-refractivity contribution in [2.24, 2.45) is 0 Å². The lowest BCUT2D eigenvalue weighted by Gasteiger charge is -2.16. The highest BCUT2D eigenvalue weighted by Gasteiger charge is 2.17. The smallest absolute Gasteiger partial charge is 0.189 e. The second kappa shape index (κ2) is 18.2. The van der Waals surface area contributed by atoms with Gasteiger partial charge in [-0.1, -0.05) is 59.4 Å². The number of benzene rings is 2. The minimum atomic E-state index is -0.173. The van der Waals surface area contributed by atoms with E-state index in [4.69, 9.17) is 23.7 Å². The molecule has 0 atom stereocenters. The lowest BCUT2D eigenvalue weighted by Crippen LogP contribution is -2.07. The van der Waals surface area contributed by atoms with Gasteiger partial charge in [0.1, 0.15) is 5.75 Å². The third-order valence-electron chi connectivity index (χ3n) is 5.95. The first-order chi connectivity index (χ1) is 18.6. The third kappa shape index (κ3) is 9.96. The molecule has 0 radical (unpaired) electrons. The number of unbranched alkanes of at least 4 members (excludes halogenated alkanes) is 4. The quantitative estimate of drug-likeness (QED) is 0.0982. The number of ketones is 1. The van der Waals surface area contributed by atoms with Gasteiger partial charge < -0.3 is 23.7 Å². The van der Waals surface area contributed by atoms with E-state index in [1.807, 2.05) is 24.3 Å². The van der Waals surface area contributed by atoms with Crippen LogP contribution >= 0.6 is 0 Å². The van der Waals surface area contributed by atoms with Crippen molar-refractivity contribution in [3.8, 4) is 28.7 Å². The molecule has 38 heavy (non-hydrogen) atoms. The Morgan fingerprint density at radius 2 is 1.29 bits per heavy atom. The predicted molar refractivity (Wildman–Crippen MR) is 154 cm³/mol. The molecule has 0 aliphatic carbocycles. The SMILES string of the molecule is CCCCOc1cc(C=CC(=O)c2cccc(OCCCC)c2OCCCC)c(OCCCC)c(OC)c1. The Morgan fingerprint density at radius 3 is 1.89 bits per heavy atom.